The summed E-state index contributed by atoms with van der Waals surface area (Å²) in [6.45, 7) is 9.73. The highest BCUT2D eigenvalue weighted by Gasteiger charge is 2.14. The van der Waals surface area contributed by atoms with Gasteiger partial charge in [0.2, 0.25) is 0 Å². The molecule has 58 valence electrons. The van der Waals surface area contributed by atoms with E-state index in [0.29, 0.717) is 0 Å². The van der Waals surface area contributed by atoms with E-state index in [1.54, 1.807) is 0 Å². The van der Waals surface area contributed by atoms with Gasteiger partial charge in [0.25, 0.3) is 0 Å². The summed E-state index contributed by atoms with van der Waals surface area (Å²) in [5.41, 5.74) is 10.8. The van der Waals surface area contributed by atoms with Crippen molar-refractivity contribution in [3.05, 3.63) is 0 Å². The smallest absolute Gasteiger partial charge is 0.0247 e. The SMILES string of the molecule is CC.C[C@H](N)C(C)(C)N. The lowest BCUT2D eigenvalue weighted by Crippen LogP contribution is -2.48. The molecule has 2 heteroatoms. The molecule has 0 aromatic heterocycles. The van der Waals surface area contributed by atoms with Crippen LogP contribution in [0.5, 0.6) is 0 Å². The highest BCUT2D eigenvalue weighted by atomic mass is 14.8. The van der Waals surface area contributed by atoms with E-state index in [9.17, 15) is 0 Å². The van der Waals surface area contributed by atoms with Gasteiger partial charge in [-0.15, -0.1) is 0 Å². The van der Waals surface area contributed by atoms with Crippen molar-refractivity contribution in [3.63, 3.8) is 0 Å². The third-order valence-electron chi connectivity index (χ3n) is 1.17. The average Bonchev–Trinajstić information content (AvgIpc) is 1.69. The van der Waals surface area contributed by atoms with Crippen molar-refractivity contribution >= 4 is 0 Å². The van der Waals surface area contributed by atoms with Crippen molar-refractivity contribution in [1.29, 1.82) is 0 Å². The van der Waals surface area contributed by atoms with Crippen molar-refractivity contribution in [2.45, 2.75) is 46.2 Å². The molecule has 0 amide bonds. The van der Waals surface area contributed by atoms with Crippen LogP contribution >= 0.6 is 0 Å². The summed E-state index contributed by atoms with van der Waals surface area (Å²) in [6, 6.07) is 0.0764. The van der Waals surface area contributed by atoms with Crippen molar-refractivity contribution in [1.82, 2.24) is 0 Å². The Bertz CT molecular complexity index is 52.4. The lowest BCUT2D eigenvalue weighted by molar-refractivity contribution is 0.433. The van der Waals surface area contributed by atoms with Gasteiger partial charge in [-0.05, 0) is 20.8 Å². The number of nitrogens with two attached hydrogens (primary N) is 2. The zero-order valence-electron chi connectivity index (χ0n) is 7.23. The zero-order valence-corrected chi connectivity index (χ0v) is 7.23. The van der Waals surface area contributed by atoms with Crippen molar-refractivity contribution in [3.8, 4) is 0 Å². The van der Waals surface area contributed by atoms with Gasteiger partial charge in [0, 0.05) is 11.6 Å². The summed E-state index contributed by atoms with van der Waals surface area (Å²) in [7, 11) is 0. The van der Waals surface area contributed by atoms with Gasteiger partial charge in [0.05, 0.1) is 0 Å². The minimum atomic E-state index is -0.222. The van der Waals surface area contributed by atoms with Crippen LogP contribution in [0, 0.1) is 0 Å². The Kier molecular flexibility index (Phi) is 6.19. The minimum Gasteiger partial charge on any atom is -0.326 e. The first-order chi connectivity index (χ1) is 3.94. The number of hydrogen-bond donors (Lipinski definition) is 2. The maximum absolute atomic E-state index is 5.55. The number of hydrogen-bond acceptors (Lipinski definition) is 2. The van der Waals surface area contributed by atoms with E-state index in [1.165, 1.54) is 0 Å². The van der Waals surface area contributed by atoms with E-state index >= 15 is 0 Å². The van der Waals surface area contributed by atoms with Gasteiger partial charge in [0.1, 0.15) is 0 Å². The van der Waals surface area contributed by atoms with Gasteiger partial charge in [-0.1, -0.05) is 13.8 Å². The van der Waals surface area contributed by atoms with Crippen molar-refractivity contribution in [2.24, 2.45) is 11.5 Å². The van der Waals surface area contributed by atoms with E-state index in [2.05, 4.69) is 0 Å². The minimum absolute atomic E-state index is 0.0764. The molecule has 0 aliphatic heterocycles. The predicted molar refractivity (Wildman–Crippen MR) is 43.3 cm³/mol. The first kappa shape index (κ1) is 11.7. The van der Waals surface area contributed by atoms with E-state index in [-0.39, 0.29) is 11.6 Å². The summed E-state index contributed by atoms with van der Waals surface area (Å²) < 4.78 is 0. The molecule has 2 nitrogen and oxygen atoms in total. The van der Waals surface area contributed by atoms with Crippen molar-refractivity contribution < 1.29 is 0 Å². The third kappa shape index (κ3) is 7.92. The Morgan fingerprint density at radius 3 is 1.33 bits per heavy atom. The second-order valence-corrected chi connectivity index (χ2v) is 2.61. The molecule has 0 fully saturated rings. The van der Waals surface area contributed by atoms with Crippen LogP contribution in [-0.4, -0.2) is 11.6 Å². The molecule has 0 saturated carbocycles. The molecule has 0 unspecified atom stereocenters. The van der Waals surface area contributed by atoms with Crippen LogP contribution in [0.3, 0.4) is 0 Å². The van der Waals surface area contributed by atoms with Gasteiger partial charge in [-0.2, -0.15) is 0 Å². The van der Waals surface area contributed by atoms with E-state index in [0.717, 1.165) is 0 Å². The van der Waals surface area contributed by atoms with Gasteiger partial charge in [-0.3, -0.25) is 0 Å². The average molecular weight is 132 g/mol. The molecule has 9 heavy (non-hydrogen) atoms. The first-order valence-corrected chi connectivity index (χ1v) is 3.49. The highest BCUT2D eigenvalue weighted by molar-refractivity contribution is 4.80. The second-order valence-electron chi connectivity index (χ2n) is 2.61. The van der Waals surface area contributed by atoms with Crippen molar-refractivity contribution in [2.75, 3.05) is 0 Å². The molecular formula is C7H20N2. The van der Waals surface area contributed by atoms with Crippen LogP contribution in [0.15, 0.2) is 0 Å². The first-order valence-electron chi connectivity index (χ1n) is 3.49. The van der Waals surface area contributed by atoms with Crippen LogP contribution in [0.4, 0.5) is 0 Å². The monoisotopic (exact) mass is 132 g/mol. The predicted octanol–water partition coefficient (Wildman–Crippen LogP) is 1.10. The Balaban J connectivity index is 0. The summed E-state index contributed by atoms with van der Waals surface area (Å²) in [5.74, 6) is 0. The summed E-state index contributed by atoms with van der Waals surface area (Å²) in [5, 5.41) is 0. The van der Waals surface area contributed by atoms with Crippen LogP contribution in [0.25, 0.3) is 0 Å². The largest absolute Gasteiger partial charge is 0.326 e. The molecule has 1 atom stereocenters. The summed E-state index contributed by atoms with van der Waals surface area (Å²) in [6.07, 6.45) is 0. The third-order valence-corrected chi connectivity index (χ3v) is 1.17. The summed E-state index contributed by atoms with van der Waals surface area (Å²) >= 11 is 0. The second kappa shape index (κ2) is 4.77. The van der Waals surface area contributed by atoms with Gasteiger partial charge in [-0.25, -0.2) is 0 Å². The Hall–Kier alpha value is -0.0800. The molecule has 0 rings (SSSR count). The fourth-order valence-corrected chi connectivity index (χ4v) is 0. The molecule has 0 saturated heterocycles. The van der Waals surface area contributed by atoms with Gasteiger partial charge < -0.3 is 11.5 Å². The van der Waals surface area contributed by atoms with E-state index in [1.807, 2.05) is 34.6 Å². The Labute approximate surface area is 58.6 Å². The quantitative estimate of drug-likeness (QED) is 0.561. The molecule has 4 N–H and O–H groups in total. The lowest BCUT2D eigenvalue weighted by atomic mass is 9.99. The van der Waals surface area contributed by atoms with Gasteiger partial charge >= 0.3 is 0 Å². The van der Waals surface area contributed by atoms with Gasteiger partial charge in [0.15, 0.2) is 0 Å². The summed E-state index contributed by atoms with van der Waals surface area (Å²) in [4.78, 5) is 0. The van der Waals surface area contributed by atoms with Crippen LogP contribution < -0.4 is 11.5 Å². The standard InChI is InChI=1S/C5H14N2.C2H6/c1-4(6)5(2,3)7;1-2/h4H,6-7H2,1-3H3;1-2H3/t4-;/m0./s1. The van der Waals surface area contributed by atoms with Crippen LogP contribution in [-0.2, 0) is 0 Å². The van der Waals surface area contributed by atoms with E-state index < -0.39 is 0 Å². The fourth-order valence-electron chi connectivity index (χ4n) is 0. The maximum Gasteiger partial charge on any atom is 0.0247 e. The molecule has 0 heterocycles. The number of rotatable bonds is 1. The maximum atomic E-state index is 5.55. The zero-order chi connectivity index (χ0) is 8.08. The molecule has 0 radical (unpaired) electrons. The Morgan fingerprint density at radius 1 is 1.22 bits per heavy atom. The molecule has 0 aliphatic carbocycles. The van der Waals surface area contributed by atoms with E-state index in [4.69, 9.17) is 11.5 Å². The topological polar surface area (TPSA) is 52.0 Å². The lowest BCUT2D eigenvalue weighted by Gasteiger charge is -2.22. The highest BCUT2D eigenvalue weighted by Crippen LogP contribution is 1.98. The van der Waals surface area contributed by atoms with Crippen LogP contribution in [0.1, 0.15) is 34.6 Å². The molecular weight excluding hydrogens is 112 g/mol. The molecule has 0 bridgehead atoms. The molecule has 0 aliphatic rings. The molecule has 0 aromatic rings. The molecule has 0 spiro atoms. The van der Waals surface area contributed by atoms with Crippen LogP contribution in [0.2, 0.25) is 0 Å². The Morgan fingerprint density at radius 2 is 1.33 bits per heavy atom. The normalized spacial score (nSPS) is 13.7. The molecule has 0 aromatic carbocycles. The fraction of sp³-hybridized carbons (Fsp3) is 1.00.